The van der Waals surface area contributed by atoms with Gasteiger partial charge in [-0.3, -0.25) is 4.79 Å². The summed E-state index contributed by atoms with van der Waals surface area (Å²) in [6, 6.07) is 0. The van der Waals surface area contributed by atoms with E-state index in [2.05, 4.69) is 32.8 Å². The molecular formula is C17H31N5O2. The first-order chi connectivity index (χ1) is 11.8. The Morgan fingerprint density at radius 1 is 0.833 bits per heavy atom. The molecule has 0 aliphatic carbocycles. The van der Waals surface area contributed by atoms with Gasteiger partial charge in [0.15, 0.2) is 0 Å². The van der Waals surface area contributed by atoms with Gasteiger partial charge < -0.3 is 5.11 Å². The van der Waals surface area contributed by atoms with E-state index in [1.807, 2.05) is 0 Å². The summed E-state index contributed by atoms with van der Waals surface area (Å²) < 4.78 is 0. The maximum atomic E-state index is 10.3. The van der Waals surface area contributed by atoms with Gasteiger partial charge in [-0.1, -0.05) is 71.1 Å². The van der Waals surface area contributed by atoms with Gasteiger partial charge in [-0.25, -0.2) is 0 Å². The van der Waals surface area contributed by atoms with Crippen LogP contribution in [-0.4, -0.2) is 17.3 Å². The van der Waals surface area contributed by atoms with Crippen molar-refractivity contribution in [3.05, 3.63) is 12.3 Å². The molecule has 0 amide bonds. The van der Waals surface area contributed by atoms with Crippen molar-refractivity contribution in [3.8, 4) is 0 Å². The van der Waals surface area contributed by atoms with E-state index in [0.29, 0.717) is 6.42 Å². The van der Waals surface area contributed by atoms with E-state index in [4.69, 9.17) is 5.11 Å². The number of hydrogen-bond donors (Lipinski definition) is 1. The Hall–Kier alpha value is -1.92. The number of unbranched alkanes of at least 4 members (excludes halogenated alkanes) is 10. The highest BCUT2D eigenvalue weighted by Gasteiger charge is 1.96. The van der Waals surface area contributed by atoms with Crippen LogP contribution in [0.2, 0.25) is 0 Å². The van der Waals surface area contributed by atoms with Gasteiger partial charge in [0.25, 0.3) is 0 Å². The van der Waals surface area contributed by atoms with Gasteiger partial charge in [-0.2, -0.15) is 0 Å². The quantitative estimate of drug-likeness (QED) is 0.436. The molecule has 1 heterocycles. The van der Waals surface area contributed by atoms with Gasteiger partial charge in [0, 0.05) is 6.42 Å². The third-order valence-electron chi connectivity index (χ3n) is 3.48. The largest absolute Gasteiger partial charge is 0.481 e. The number of carbonyl (C=O) groups is 1. The number of rotatable bonds is 12. The molecule has 1 aliphatic heterocycles. The molecule has 7 nitrogen and oxygen atoms in total. The minimum Gasteiger partial charge on any atom is -0.481 e. The van der Waals surface area contributed by atoms with Crippen molar-refractivity contribution in [1.82, 2.24) is 0 Å². The molecule has 0 aromatic rings. The standard InChI is InChI=1S/C14H28O2.C3H3N5/c1-2-3-4-5-6-7-8-9-10-11-12-13-14(15)16;1-2-4-6-8-7-5-3-1/h2-13H2,1H3,(H,15,16);1-3H/b;2-1?,3-1?,4-2?,5-3?,6-4?,7-5?,8-6-,8-7?. The van der Waals surface area contributed by atoms with Crippen molar-refractivity contribution in [2.75, 3.05) is 0 Å². The first-order valence-electron chi connectivity index (χ1n) is 8.97. The lowest BCUT2D eigenvalue weighted by Gasteiger charge is -2.01. The molecule has 0 saturated carbocycles. The second-order valence-corrected chi connectivity index (χ2v) is 5.67. The summed E-state index contributed by atoms with van der Waals surface area (Å²) in [5.74, 6) is -0.657. The highest BCUT2D eigenvalue weighted by atomic mass is 16.4. The molecule has 136 valence electrons. The fourth-order valence-corrected chi connectivity index (χ4v) is 2.18. The number of allylic oxidation sites excluding steroid dienone is 1. The lowest BCUT2D eigenvalue weighted by Crippen LogP contribution is -1.93. The van der Waals surface area contributed by atoms with E-state index in [-0.39, 0.29) is 0 Å². The van der Waals surface area contributed by atoms with E-state index < -0.39 is 5.97 Å². The van der Waals surface area contributed by atoms with Crippen LogP contribution in [0.5, 0.6) is 0 Å². The summed E-state index contributed by atoms with van der Waals surface area (Å²) in [4.78, 5) is 10.3. The maximum absolute atomic E-state index is 10.3. The number of carboxylic acids is 1. The molecule has 0 aromatic carbocycles. The van der Waals surface area contributed by atoms with Gasteiger partial charge >= 0.3 is 5.97 Å². The van der Waals surface area contributed by atoms with Gasteiger partial charge in [0.05, 0.1) is 12.4 Å². The summed E-state index contributed by atoms with van der Waals surface area (Å²) in [6.07, 6.45) is 18.9. The summed E-state index contributed by atoms with van der Waals surface area (Å²) >= 11 is 0. The molecule has 7 heteroatoms. The zero-order chi connectivity index (χ0) is 17.7. The minimum atomic E-state index is -0.657. The number of carboxylic acid groups (broad SMARTS) is 1. The van der Waals surface area contributed by atoms with E-state index in [9.17, 15) is 4.79 Å². The maximum Gasteiger partial charge on any atom is 0.303 e. The van der Waals surface area contributed by atoms with Crippen molar-refractivity contribution < 1.29 is 9.90 Å². The monoisotopic (exact) mass is 337 g/mol. The van der Waals surface area contributed by atoms with Crippen LogP contribution in [-0.2, 0) is 4.79 Å². The van der Waals surface area contributed by atoms with E-state index in [1.54, 1.807) is 6.08 Å². The molecule has 0 unspecified atom stereocenters. The lowest BCUT2D eigenvalue weighted by molar-refractivity contribution is -0.137. The number of hydrogen-bond acceptors (Lipinski definition) is 6. The molecule has 0 radical (unpaired) electrons. The first kappa shape index (κ1) is 22.1. The van der Waals surface area contributed by atoms with Crippen LogP contribution in [0.15, 0.2) is 38.2 Å². The Morgan fingerprint density at radius 2 is 1.42 bits per heavy atom. The molecule has 1 N–H and O–H groups in total. The molecule has 0 aromatic heterocycles. The third kappa shape index (κ3) is 20.1. The minimum absolute atomic E-state index is 0.344. The zero-order valence-corrected chi connectivity index (χ0v) is 14.8. The van der Waals surface area contributed by atoms with Crippen LogP contribution in [0.3, 0.4) is 0 Å². The summed E-state index contributed by atoms with van der Waals surface area (Å²) in [5.41, 5.74) is 0. The van der Waals surface area contributed by atoms with Crippen LogP contribution < -0.4 is 0 Å². The molecule has 24 heavy (non-hydrogen) atoms. The van der Waals surface area contributed by atoms with Crippen LogP contribution in [0.4, 0.5) is 0 Å². The molecule has 0 bridgehead atoms. The van der Waals surface area contributed by atoms with Crippen molar-refractivity contribution in [1.29, 1.82) is 0 Å². The summed E-state index contributed by atoms with van der Waals surface area (Å²) in [5, 5.41) is 24.9. The van der Waals surface area contributed by atoms with Crippen molar-refractivity contribution in [2.45, 2.75) is 84.0 Å². The average Bonchev–Trinajstić information content (AvgIpc) is 2.52. The molecule has 0 atom stereocenters. The first-order valence-corrected chi connectivity index (χ1v) is 8.97. The number of nitrogens with zero attached hydrogens (tertiary/aromatic N) is 5. The van der Waals surface area contributed by atoms with Crippen molar-refractivity contribution in [3.63, 3.8) is 0 Å². The fraction of sp³-hybridized carbons (Fsp3) is 0.765. The van der Waals surface area contributed by atoms with E-state index >= 15 is 0 Å². The number of aliphatic carboxylic acids is 1. The Morgan fingerprint density at radius 3 is 2.00 bits per heavy atom. The molecular weight excluding hydrogens is 306 g/mol. The van der Waals surface area contributed by atoms with Crippen LogP contribution >= 0.6 is 0 Å². The van der Waals surface area contributed by atoms with Gasteiger partial charge in [0.2, 0.25) is 0 Å². The highest BCUT2D eigenvalue weighted by molar-refractivity contribution is 5.70. The normalized spacial score (nSPS) is 13.7. The summed E-state index contributed by atoms with van der Waals surface area (Å²) in [6.45, 7) is 2.25. The Balaban J connectivity index is 0.000000546. The summed E-state index contributed by atoms with van der Waals surface area (Å²) in [7, 11) is 0. The fourth-order valence-electron chi connectivity index (χ4n) is 2.18. The van der Waals surface area contributed by atoms with E-state index in [0.717, 1.165) is 12.8 Å². The van der Waals surface area contributed by atoms with E-state index in [1.165, 1.54) is 70.2 Å². The molecule has 1 aliphatic rings. The smallest absolute Gasteiger partial charge is 0.303 e. The average molecular weight is 337 g/mol. The van der Waals surface area contributed by atoms with Gasteiger partial charge in [-0.15, -0.1) is 10.2 Å². The highest BCUT2D eigenvalue weighted by Crippen LogP contribution is 2.11. The third-order valence-corrected chi connectivity index (χ3v) is 3.48. The van der Waals surface area contributed by atoms with Crippen LogP contribution in [0.1, 0.15) is 84.0 Å². The van der Waals surface area contributed by atoms with Gasteiger partial charge in [0.1, 0.15) is 0 Å². The molecule has 0 fully saturated rings. The lowest BCUT2D eigenvalue weighted by atomic mass is 10.1. The second kappa shape index (κ2) is 19.1. The molecule has 0 spiro atoms. The van der Waals surface area contributed by atoms with Crippen LogP contribution in [0, 0.1) is 0 Å². The molecule has 0 saturated heterocycles. The topological polar surface area (TPSA) is 99.1 Å². The van der Waals surface area contributed by atoms with Crippen molar-refractivity contribution >= 4 is 12.2 Å². The Kier molecular flexibility index (Phi) is 17.6. The molecule has 1 rings (SSSR count). The second-order valence-electron chi connectivity index (χ2n) is 5.67. The Labute approximate surface area is 145 Å². The zero-order valence-electron chi connectivity index (χ0n) is 14.8. The Bertz CT molecular complexity index is 350. The van der Waals surface area contributed by atoms with Crippen LogP contribution in [0.25, 0.3) is 0 Å². The predicted molar refractivity (Wildman–Crippen MR) is 96.1 cm³/mol. The predicted octanol–water partition coefficient (Wildman–Crippen LogP) is 6.09. The SMILES string of the molecule is C1=CN=N/N=N\N=C1.CCCCCCCCCCCCCC(=O)O. The van der Waals surface area contributed by atoms with Crippen molar-refractivity contribution in [2.24, 2.45) is 25.9 Å². The van der Waals surface area contributed by atoms with Gasteiger partial charge in [-0.05, 0) is 28.2 Å².